The number of nitrogens with zero attached hydrogens (tertiary/aromatic N) is 1. The molecule has 0 bridgehead atoms. The summed E-state index contributed by atoms with van der Waals surface area (Å²) in [5.74, 6) is 1.47. The van der Waals surface area contributed by atoms with E-state index in [2.05, 4.69) is 26.2 Å². The van der Waals surface area contributed by atoms with E-state index in [4.69, 9.17) is 9.47 Å². The molecule has 0 atom stereocenters. The molecule has 0 saturated carbocycles. The summed E-state index contributed by atoms with van der Waals surface area (Å²) >= 11 is 5.09. The van der Waals surface area contributed by atoms with Crippen LogP contribution in [0.3, 0.4) is 0 Å². The normalized spacial score (nSPS) is 10.3. The van der Waals surface area contributed by atoms with Crippen LogP contribution in [0, 0.1) is 0 Å². The van der Waals surface area contributed by atoms with Gasteiger partial charge in [0.05, 0.1) is 18.2 Å². The van der Waals surface area contributed by atoms with E-state index < -0.39 is 0 Å². The van der Waals surface area contributed by atoms with Gasteiger partial charge in [-0.15, -0.1) is 11.3 Å². The Labute approximate surface area is 124 Å². The average Bonchev–Trinajstić information content (AvgIpc) is 2.92. The van der Waals surface area contributed by atoms with Gasteiger partial charge in [0.2, 0.25) is 0 Å². The van der Waals surface area contributed by atoms with Crippen molar-refractivity contribution in [3.05, 3.63) is 33.7 Å². The van der Waals surface area contributed by atoms with Crippen LogP contribution in [-0.2, 0) is 6.54 Å². The lowest BCUT2D eigenvalue weighted by Gasteiger charge is -2.13. The van der Waals surface area contributed by atoms with Gasteiger partial charge in [-0.2, -0.15) is 0 Å². The summed E-state index contributed by atoms with van der Waals surface area (Å²) in [5.41, 5.74) is 1.10. The van der Waals surface area contributed by atoms with Gasteiger partial charge in [0, 0.05) is 18.1 Å². The topological polar surface area (TPSA) is 43.4 Å². The minimum atomic E-state index is 0.603. The second-order valence-electron chi connectivity index (χ2n) is 3.73. The molecule has 0 spiro atoms. The molecule has 102 valence electrons. The summed E-state index contributed by atoms with van der Waals surface area (Å²) in [7, 11) is 1.64. The minimum Gasteiger partial charge on any atom is -0.493 e. The second kappa shape index (κ2) is 6.77. The summed E-state index contributed by atoms with van der Waals surface area (Å²) in [6.45, 7) is 3.24. The molecule has 1 heterocycles. The minimum absolute atomic E-state index is 0.603. The highest BCUT2D eigenvalue weighted by molar-refractivity contribution is 9.10. The number of rotatable bonds is 6. The van der Waals surface area contributed by atoms with Gasteiger partial charge in [0.1, 0.15) is 0 Å². The Morgan fingerprint density at radius 3 is 2.89 bits per heavy atom. The number of hydrogen-bond donors (Lipinski definition) is 1. The van der Waals surface area contributed by atoms with E-state index in [1.807, 2.05) is 24.4 Å². The van der Waals surface area contributed by atoms with Crippen LogP contribution in [0.2, 0.25) is 0 Å². The standard InChI is InChI=1S/C13H15BrN2O2S/c1-3-18-12-10(14)6-9(7-11(12)17-2)8-16-13-15-4-5-19-13/h4-7H,3,8H2,1-2H3,(H,15,16). The SMILES string of the molecule is CCOc1c(Br)cc(CNc2nccs2)cc1OC. The Balaban J connectivity index is 2.15. The second-order valence-corrected chi connectivity index (χ2v) is 5.48. The molecule has 2 rings (SSSR count). The van der Waals surface area contributed by atoms with Crippen LogP contribution in [0.15, 0.2) is 28.2 Å². The number of nitrogens with one attached hydrogen (secondary N) is 1. The molecule has 1 N–H and O–H groups in total. The summed E-state index contributed by atoms with van der Waals surface area (Å²) < 4.78 is 11.8. The van der Waals surface area contributed by atoms with Crippen molar-refractivity contribution in [2.45, 2.75) is 13.5 Å². The van der Waals surface area contributed by atoms with Crippen molar-refractivity contribution in [3.8, 4) is 11.5 Å². The van der Waals surface area contributed by atoms with Gasteiger partial charge in [-0.1, -0.05) is 0 Å². The Morgan fingerprint density at radius 1 is 1.42 bits per heavy atom. The fourth-order valence-electron chi connectivity index (χ4n) is 1.65. The molecule has 0 amide bonds. The number of thiazole rings is 1. The molecule has 0 aliphatic rings. The van der Waals surface area contributed by atoms with Gasteiger partial charge in [-0.05, 0) is 40.5 Å². The molecule has 0 aliphatic carbocycles. The maximum atomic E-state index is 5.56. The zero-order valence-electron chi connectivity index (χ0n) is 10.8. The molecule has 2 aromatic rings. The molecule has 0 radical (unpaired) electrons. The summed E-state index contributed by atoms with van der Waals surface area (Å²) in [6, 6.07) is 3.99. The molecule has 0 unspecified atom stereocenters. The molecule has 0 fully saturated rings. The predicted octanol–water partition coefficient (Wildman–Crippen LogP) is 3.93. The van der Waals surface area contributed by atoms with Gasteiger partial charge >= 0.3 is 0 Å². The zero-order chi connectivity index (χ0) is 13.7. The van der Waals surface area contributed by atoms with Crippen LogP contribution < -0.4 is 14.8 Å². The third-order valence-electron chi connectivity index (χ3n) is 2.45. The summed E-state index contributed by atoms with van der Waals surface area (Å²) in [5, 5.41) is 6.11. The number of aromatic nitrogens is 1. The van der Waals surface area contributed by atoms with Crippen LogP contribution in [0.1, 0.15) is 12.5 Å². The number of hydrogen-bond acceptors (Lipinski definition) is 5. The number of ether oxygens (including phenoxy) is 2. The van der Waals surface area contributed by atoms with Gasteiger partial charge in [0.25, 0.3) is 0 Å². The Hall–Kier alpha value is -1.27. The van der Waals surface area contributed by atoms with E-state index in [-0.39, 0.29) is 0 Å². The van der Waals surface area contributed by atoms with Crippen LogP contribution in [0.5, 0.6) is 11.5 Å². The lowest BCUT2D eigenvalue weighted by molar-refractivity contribution is 0.308. The molecule has 0 aliphatic heterocycles. The summed E-state index contributed by atoms with van der Waals surface area (Å²) in [6.07, 6.45) is 1.78. The fraction of sp³-hybridized carbons (Fsp3) is 0.308. The van der Waals surface area contributed by atoms with E-state index in [9.17, 15) is 0 Å². The molecular weight excluding hydrogens is 328 g/mol. The van der Waals surface area contributed by atoms with Crippen molar-refractivity contribution in [2.24, 2.45) is 0 Å². The van der Waals surface area contributed by atoms with E-state index in [1.54, 1.807) is 24.6 Å². The molecule has 0 saturated heterocycles. The smallest absolute Gasteiger partial charge is 0.182 e. The molecular formula is C13H15BrN2O2S. The van der Waals surface area contributed by atoms with Crippen molar-refractivity contribution >= 4 is 32.4 Å². The highest BCUT2D eigenvalue weighted by Gasteiger charge is 2.11. The maximum absolute atomic E-state index is 5.56. The molecule has 6 heteroatoms. The third kappa shape index (κ3) is 3.61. The van der Waals surface area contributed by atoms with Crippen LogP contribution in [-0.4, -0.2) is 18.7 Å². The fourth-order valence-corrected chi connectivity index (χ4v) is 2.78. The van der Waals surface area contributed by atoms with Crippen molar-refractivity contribution in [2.75, 3.05) is 19.0 Å². The molecule has 1 aromatic heterocycles. The molecule has 19 heavy (non-hydrogen) atoms. The van der Waals surface area contributed by atoms with Crippen molar-refractivity contribution in [1.29, 1.82) is 0 Å². The van der Waals surface area contributed by atoms with Crippen LogP contribution in [0.25, 0.3) is 0 Å². The third-order valence-corrected chi connectivity index (χ3v) is 3.77. The number of benzene rings is 1. The Kier molecular flexibility index (Phi) is 5.04. The number of anilines is 1. The van der Waals surface area contributed by atoms with Gasteiger partial charge in [0.15, 0.2) is 16.6 Å². The lowest BCUT2D eigenvalue weighted by Crippen LogP contribution is -2.02. The van der Waals surface area contributed by atoms with Crippen molar-refractivity contribution in [1.82, 2.24) is 4.98 Å². The first-order valence-electron chi connectivity index (χ1n) is 5.87. The van der Waals surface area contributed by atoms with E-state index >= 15 is 0 Å². The average molecular weight is 343 g/mol. The quantitative estimate of drug-likeness (QED) is 0.863. The molecule has 1 aromatic carbocycles. The highest BCUT2D eigenvalue weighted by Crippen LogP contribution is 2.36. The summed E-state index contributed by atoms with van der Waals surface area (Å²) in [4.78, 5) is 4.18. The lowest BCUT2D eigenvalue weighted by atomic mass is 10.2. The van der Waals surface area contributed by atoms with Gasteiger partial charge in [-0.3, -0.25) is 0 Å². The van der Waals surface area contributed by atoms with E-state index in [1.165, 1.54) is 0 Å². The first kappa shape index (κ1) is 14.1. The predicted molar refractivity (Wildman–Crippen MR) is 81.3 cm³/mol. The first-order chi connectivity index (χ1) is 9.24. The molecule has 4 nitrogen and oxygen atoms in total. The monoisotopic (exact) mass is 342 g/mol. The Morgan fingerprint density at radius 2 is 2.26 bits per heavy atom. The van der Waals surface area contributed by atoms with Crippen molar-refractivity contribution < 1.29 is 9.47 Å². The first-order valence-corrected chi connectivity index (χ1v) is 7.54. The number of halogens is 1. The van der Waals surface area contributed by atoms with Gasteiger partial charge < -0.3 is 14.8 Å². The van der Waals surface area contributed by atoms with E-state index in [0.29, 0.717) is 13.2 Å². The largest absolute Gasteiger partial charge is 0.493 e. The Bertz CT molecular complexity index is 532. The highest BCUT2D eigenvalue weighted by atomic mass is 79.9. The van der Waals surface area contributed by atoms with Gasteiger partial charge in [-0.25, -0.2) is 4.98 Å². The van der Waals surface area contributed by atoms with Crippen molar-refractivity contribution in [3.63, 3.8) is 0 Å². The maximum Gasteiger partial charge on any atom is 0.182 e. The van der Waals surface area contributed by atoms with Crippen LogP contribution in [0.4, 0.5) is 5.13 Å². The zero-order valence-corrected chi connectivity index (χ0v) is 13.2. The number of methoxy groups -OCH3 is 1. The van der Waals surface area contributed by atoms with Crippen LogP contribution >= 0.6 is 27.3 Å². The van der Waals surface area contributed by atoms with E-state index in [0.717, 1.165) is 26.7 Å².